The number of hydrogen-bond donors (Lipinski definition) is 0. The van der Waals surface area contributed by atoms with Gasteiger partial charge in [-0.3, -0.25) is 4.79 Å². The van der Waals surface area contributed by atoms with Gasteiger partial charge in [0.15, 0.2) is 6.10 Å². The van der Waals surface area contributed by atoms with Gasteiger partial charge in [-0.25, -0.2) is 4.79 Å². The van der Waals surface area contributed by atoms with E-state index in [4.69, 9.17) is 14.2 Å². The summed E-state index contributed by atoms with van der Waals surface area (Å²) in [5, 5.41) is 0. The molecular weight excluding hydrogens is 358 g/mol. The molecular formula is C22H25NO5. The second-order valence-corrected chi connectivity index (χ2v) is 6.70. The van der Waals surface area contributed by atoms with E-state index in [1.54, 1.807) is 55.3 Å². The molecule has 3 rings (SSSR count). The zero-order chi connectivity index (χ0) is 19.9. The summed E-state index contributed by atoms with van der Waals surface area (Å²) in [7, 11) is 1.58. The molecule has 1 amide bonds. The first kappa shape index (κ1) is 19.7. The van der Waals surface area contributed by atoms with E-state index in [0.717, 1.165) is 12.8 Å². The molecule has 1 heterocycles. The van der Waals surface area contributed by atoms with E-state index in [1.165, 1.54) is 0 Å². The summed E-state index contributed by atoms with van der Waals surface area (Å²) in [5.41, 5.74) is 0.657. The van der Waals surface area contributed by atoms with E-state index in [-0.39, 0.29) is 5.91 Å². The van der Waals surface area contributed by atoms with E-state index in [1.807, 2.05) is 18.2 Å². The van der Waals surface area contributed by atoms with Crippen molar-refractivity contribution in [2.45, 2.75) is 32.0 Å². The molecule has 1 saturated heterocycles. The molecule has 0 bridgehead atoms. The van der Waals surface area contributed by atoms with Gasteiger partial charge >= 0.3 is 5.97 Å². The summed E-state index contributed by atoms with van der Waals surface area (Å²) in [6.07, 6.45) is 0.152. The highest BCUT2D eigenvalue weighted by molar-refractivity contribution is 5.85. The number of esters is 1. The Morgan fingerprint density at radius 3 is 2.14 bits per heavy atom. The maximum absolute atomic E-state index is 12.9. The summed E-state index contributed by atoms with van der Waals surface area (Å²) in [5.74, 6) is 0.435. The Bertz CT molecular complexity index is 784. The van der Waals surface area contributed by atoms with Crippen molar-refractivity contribution in [2.75, 3.05) is 20.2 Å². The minimum atomic E-state index is -0.969. The number of rotatable bonds is 7. The van der Waals surface area contributed by atoms with Gasteiger partial charge in [0.2, 0.25) is 6.10 Å². The van der Waals surface area contributed by atoms with E-state index in [2.05, 4.69) is 0 Å². The van der Waals surface area contributed by atoms with E-state index in [9.17, 15) is 9.59 Å². The van der Waals surface area contributed by atoms with Crippen molar-refractivity contribution in [3.8, 4) is 11.5 Å². The zero-order valence-electron chi connectivity index (χ0n) is 16.2. The van der Waals surface area contributed by atoms with Gasteiger partial charge in [-0.05, 0) is 44.0 Å². The fourth-order valence-corrected chi connectivity index (χ4v) is 3.15. The second-order valence-electron chi connectivity index (χ2n) is 6.70. The maximum atomic E-state index is 12.9. The van der Waals surface area contributed by atoms with Crippen LogP contribution in [0.4, 0.5) is 0 Å². The molecule has 0 spiro atoms. The Hall–Kier alpha value is -3.02. The van der Waals surface area contributed by atoms with Crippen molar-refractivity contribution >= 4 is 11.9 Å². The van der Waals surface area contributed by atoms with Gasteiger partial charge in [0, 0.05) is 18.7 Å². The van der Waals surface area contributed by atoms with Crippen LogP contribution >= 0.6 is 0 Å². The number of hydrogen-bond acceptors (Lipinski definition) is 5. The van der Waals surface area contributed by atoms with Crippen LogP contribution in [-0.4, -0.2) is 43.1 Å². The molecule has 1 aliphatic rings. The molecule has 28 heavy (non-hydrogen) atoms. The van der Waals surface area contributed by atoms with Crippen LogP contribution in [-0.2, 0) is 14.3 Å². The van der Waals surface area contributed by atoms with Crippen LogP contribution in [0.3, 0.4) is 0 Å². The van der Waals surface area contributed by atoms with Gasteiger partial charge in [0.05, 0.1) is 7.11 Å². The van der Waals surface area contributed by atoms with E-state index >= 15 is 0 Å². The van der Waals surface area contributed by atoms with Crippen LogP contribution in [0.2, 0.25) is 0 Å². The minimum Gasteiger partial charge on any atom is -0.497 e. The van der Waals surface area contributed by atoms with Gasteiger partial charge < -0.3 is 19.1 Å². The average Bonchev–Trinajstić information content (AvgIpc) is 3.27. The summed E-state index contributed by atoms with van der Waals surface area (Å²) in [6, 6.07) is 16.0. The predicted octanol–water partition coefficient (Wildman–Crippen LogP) is 3.37. The van der Waals surface area contributed by atoms with Gasteiger partial charge in [-0.2, -0.15) is 0 Å². The first-order valence-electron chi connectivity index (χ1n) is 9.43. The summed E-state index contributed by atoms with van der Waals surface area (Å²) >= 11 is 0. The van der Waals surface area contributed by atoms with Crippen LogP contribution in [0.25, 0.3) is 0 Å². The Morgan fingerprint density at radius 2 is 1.54 bits per heavy atom. The molecule has 2 aromatic carbocycles. The van der Waals surface area contributed by atoms with Crippen LogP contribution in [0.5, 0.6) is 11.5 Å². The standard InChI is InChI=1S/C22H25NO5/c1-16(21(24)23-14-6-7-15-23)27-22(25)20(17-8-4-3-5-9-17)28-19-12-10-18(26-2)11-13-19/h3-5,8-13,16,20H,6-7,14-15H2,1-2H3/t16-,20+/m0/s1. The largest absolute Gasteiger partial charge is 0.497 e. The van der Waals surface area contributed by atoms with Crippen molar-refractivity contribution in [1.29, 1.82) is 0 Å². The van der Waals surface area contributed by atoms with Crippen LogP contribution in [0.1, 0.15) is 31.4 Å². The van der Waals surface area contributed by atoms with Crippen LogP contribution in [0.15, 0.2) is 54.6 Å². The summed E-state index contributed by atoms with van der Waals surface area (Å²) in [6.45, 7) is 3.03. The lowest BCUT2D eigenvalue weighted by molar-refractivity contribution is -0.164. The number of methoxy groups -OCH3 is 1. The molecule has 0 saturated carbocycles. The molecule has 0 aromatic heterocycles. The highest BCUT2D eigenvalue weighted by Gasteiger charge is 2.31. The van der Waals surface area contributed by atoms with Crippen molar-refractivity contribution in [3.63, 3.8) is 0 Å². The molecule has 0 unspecified atom stereocenters. The first-order chi connectivity index (χ1) is 13.6. The van der Waals surface area contributed by atoms with Crippen LogP contribution < -0.4 is 9.47 Å². The lowest BCUT2D eigenvalue weighted by atomic mass is 10.1. The molecule has 1 fully saturated rings. The predicted molar refractivity (Wildman–Crippen MR) is 104 cm³/mol. The fraction of sp³-hybridized carbons (Fsp3) is 0.364. The third kappa shape index (κ3) is 4.82. The third-order valence-electron chi connectivity index (χ3n) is 4.69. The lowest BCUT2D eigenvalue weighted by Crippen LogP contribution is -2.39. The zero-order valence-corrected chi connectivity index (χ0v) is 16.2. The summed E-state index contributed by atoms with van der Waals surface area (Å²) < 4.78 is 16.5. The Kier molecular flexibility index (Phi) is 6.53. The fourth-order valence-electron chi connectivity index (χ4n) is 3.15. The van der Waals surface area contributed by atoms with Crippen molar-refractivity contribution in [1.82, 2.24) is 4.90 Å². The number of ether oxygens (including phenoxy) is 3. The molecule has 0 aliphatic carbocycles. The van der Waals surface area contributed by atoms with Crippen molar-refractivity contribution in [2.24, 2.45) is 0 Å². The van der Waals surface area contributed by atoms with Crippen molar-refractivity contribution in [3.05, 3.63) is 60.2 Å². The molecule has 6 heteroatoms. The van der Waals surface area contributed by atoms with E-state index < -0.39 is 18.2 Å². The highest BCUT2D eigenvalue weighted by Crippen LogP contribution is 2.26. The number of carbonyl (C=O) groups is 2. The van der Waals surface area contributed by atoms with Gasteiger partial charge in [-0.1, -0.05) is 30.3 Å². The van der Waals surface area contributed by atoms with Gasteiger partial charge in [0.25, 0.3) is 5.91 Å². The molecule has 2 aromatic rings. The van der Waals surface area contributed by atoms with Gasteiger partial charge in [0.1, 0.15) is 11.5 Å². The minimum absolute atomic E-state index is 0.165. The Balaban J connectivity index is 1.73. The monoisotopic (exact) mass is 383 g/mol. The SMILES string of the molecule is COc1ccc(O[C@@H](C(=O)O[C@@H](C)C(=O)N2CCCC2)c2ccccc2)cc1. The molecule has 6 nitrogen and oxygen atoms in total. The highest BCUT2D eigenvalue weighted by atomic mass is 16.6. The normalized spacial score (nSPS) is 15.6. The Labute approximate surface area is 165 Å². The third-order valence-corrected chi connectivity index (χ3v) is 4.69. The lowest BCUT2D eigenvalue weighted by Gasteiger charge is -2.23. The topological polar surface area (TPSA) is 65.1 Å². The molecule has 148 valence electrons. The number of carbonyl (C=O) groups excluding carboxylic acids is 2. The Morgan fingerprint density at radius 1 is 0.929 bits per heavy atom. The molecule has 0 radical (unpaired) electrons. The maximum Gasteiger partial charge on any atom is 0.352 e. The number of likely N-dealkylation sites (tertiary alicyclic amines) is 1. The molecule has 0 N–H and O–H groups in total. The second kappa shape index (κ2) is 9.26. The first-order valence-corrected chi connectivity index (χ1v) is 9.43. The van der Waals surface area contributed by atoms with Gasteiger partial charge in [-0.15, -0.1) is 0 Å². The number of amides is 1. The smallest absolute Gasteiger partial charge is 0.352 e. The van der Waals surface area contributed by atoms with E-state index in [0.29, 0.717) is 30.2 Å². The molecule has 1 aliphatic heterocycles. The number of benzene rings is 2. The quantitative estimate of drug-likeness (QED) is 0.686. The van der Waals surface area contributed by atoms with Crippen molar-refractivity contribution < 1.29 is 23.8 Å². The molecule has 2 atom stereocenters. The average molecular weight is 383 g/mol. The summed E-state index contributed by atoms with van der Waals surface area (Å²) in [4.78, 5) is 27.1. The number of nitrogens with zero attached hydrogens (tertiary/aromatic N) is 1. The van der Waals surface area contributed by atoms with Crippen LogP contribution in [0, 0.1) is 0 Å².